The van der Waals surface area contributed by atoms with E-state index in [0.29, 0.717) is 0 Å². The highest BCUT2D eigenvalue weighted by molar-refractivity contribution is 5.66. The summed E-state index contributed by atoms with van der Waals surface area (Å²) in [7, 11) is 0. The summed E-state index contributed by atoms with van der Waals surface area (Å²) >= 11 is 0. The number of fused-ring (bicyclic) bond motifs is 1. The van der Waals surface area contributed by atoms with Gasteiger partial charge in [-0.3, -0.25) is 0 Å². The normalized spacial score (nSPS) is 18.9. The Bertz CT molecular complexity index is 957. The van der Waals surface area contributed by atoms with Crippen LogP contribution in [-0.4, -0.2) is 19.9 Å². The van der Waals surface area contributed by atoms with Gasteiger partial charge in [0, 0.05) is 6.50 Å². The molecule has 0 unspecified atom stereocenters. The van der Waals surface area contributed by atoms with Crippen LogP contribution >= 0.6 is 0 Å². The molecule has 0 aromatic heterocycles. The Kier molecular flexibility index (Phi) is 1.02. The van der Waals surface area contributed by atoms with Gasteiger partial charge in [-0.05, 0) is 5.56 Å². The number of rotatable bonds is 3. The molecular formula is C12H11N5. The van der Waals surface area contributed by atoms with Crippen molar-refractivity contribution in [3.8, 4) is 11.5 Å². The molecule has 5 heteroatoms. The average Bonchev–Trinajstić information content (AvgIpc) is 2.91. The molecule has 0 aliphatic carbocycles. The summed E-state index contributed by atoms with van der Waals surface area (Å²) in [5.74, 6) is -0.207. The lowest BCUT2D eigenvalue weighted by atomic mass is 10.2. The number of hydrogen-bond acceptors (Lipinski definition) is 4. The Labute approximate surface area is 111 Å². The third kappa shape index (κ3) is 1.94. The number of H-pyrrole nitrogens is 1. The molecule has 3 rings (SSSR count). The zero-order valence-electron chi connectivity index (χ0n) is 17.3. The van der Waals surface area contributed by atoms with Gasteiger partial charge in [-0.1, -0.05) is 30.2 Å². The van der Waals surface area contributed by atoms with Gasteiger partial charge in [0.1, 0.15) is 20.6 Å². The van der Waals surface area contributed by atoms with E-state index in [2.05, 4.69) is 25.3 Å². The molecule has 0 atom stereocenters. The Morgan fingerprint density at radius 1 is 1.24 bits per heavy atom. The largest absolute Gasteiger partial charge is 0.366 e. The van der Waals surface area contributed by atoms with E-state index >= 15 is 0 Å². The molecule has 2 heterocycles. The van der Waals surface area contributed by atoms with Crippen molar-refractivity contribution in [1.29, 1.82) is 0 Å². The number of nitrogens with zero attached hydrogens (tertiary/aromatic N) is 3. The Morgan fingerprint density at radius 2 is 2.12 bits per heavy atom. The van der Waals surface area contributed by atoms with E-state index in [-0.39, 0.29) is 29.9 Å². The lowest BCUT2D eigenvalue weighted by Gasteiger charge is -2.08. The van der Waals surface area contributed by atoms with Crippen LogP contribution in [0.25, 0.3) is 11.5 Å². The maximum absolute atomic E-state index is 8.19. The van der Waals surface area contributed by atoms with Crippen molar-refractivity contribution in [2.24, 2.45) is 0 Å². The Morgan fingerprint density at radius 3 is 3.00 bits per heavy atom. The average molecular weight is 234 g/mol. The number of imidazole rings is 1. The zero-order chi connectivity index (χ0) is 19.4. The molecule has 0 bridgehead atoms. The molecule has 2 aliphatic heterocycles. The number of benzene rings is 1. The van der Waals surface area contributed by atoms with Crippen molar-refractivity contribution >= 4 is 5.82 Å². The van der Waals surface area contributed by atoms with Crippen LogP contribution in [0.1, 0.15) is 17.9 Å². The van der Waals surface area contributed by atoms with E-state index in [1.807, 2.05) is 0 Å². The van der Waals surface area contributed by atoms with Crippen LogP contribution in [0.4, 0.5) is 5.82 Å². The molecule has 84 valence electrons. The third-order valence-corrected chi connectivity index (χ3v) is 1.92. The van der Waals surface area contributed by atoms with Crippen molar-refractivity contribution in [2.45, 2.75) is 6.50 Å². The van der Waals surface area contributed by atoms with Gasteiger partial charge in [-0.25, -0.2) is 15.0 Å². The molecule has 0 spiro atoms. The van der Waals surface area contributed by atoms with Crippen molar-refractivity contribution in [2.75, 3.05) is 5.32 Å². The molecule has 1 aromatic rings. The molecule has 0 fully saturated rings. The van der Waals surface area contributed by atoms with E-state index in [9.17, 15) is 0 Å². The topological polar surface area (TPSA) is 66.5 Å². The lowest BCUT2D eigenvalue weighted by Crippen LogP contribution is -2.04. The molecular weight excluding hydrogens is 214 g/mol. The minimum Gasteiger partial charge on any atom is -0.366 e. The number of hydrogen-bond donors (Lipinski definition) is 2. The van der Waals surface area contributed by atoms with Gasteiger partial charge in [-0.2, -0.15) is 0 Å². The number of aromatic amines is 1. The summed E-state index contributed by atoms with van der Waals surface area (Å²) in [6, 6.07) is -3.36. The van der Waals surface area contributed by atoms with Gasteiger partial charge < -0.3 is 10.3 Å². The second-order valence-corrected chi connectivity index (χ2v) is 2.97. The molecule has 0 saturated carbocycles. The van der Waals surface area contributed by atoms with Crippen molar-refractivity contribution < 1.29 is 12.3 Å². The monoisotopic (exact) mass is 234 g/mol. The maximum Gasteiger partial charge on any atom is 0.184 e. The first-order valence-electron chi connectivity index (χ1n) is 9.09. The standard InChI is InChI=1S/C12H11N5/c1-2-4-9(5-3-1)6-13-11-10-12(15-7-14-10)17-8-16-11/h1-5,7-8H,6H2,(H2,13,14,15,16,17)/i1D,2D,3D,4D,5D,6D2,7D,8D. The first-order valence-corrected chi connectivity index (χ1v) is 4.59. The van der Waals surface area contributed by atoms with E-state index < -0.39 is 42.3 Å². The molecule has 17 heavy (non-hydrogen) atoms. The SMILES string of the molecule is [2H]c1nc2nc([2H])[nH]c(NC([2H])([2H])c3c([2H])c([2H])c([2H])c([2H])c3[2H])c-2n1. The van der Waals surface area contributed by atoms with Crippen molar-refractivity contribution in [1.82, 2.24) is 19.9 Å². The second-order valence-electron chi connectivity index (χ2n) is 2.97. The van der Waals surface area contributed by atoms with E-state index in [1.165, 1.54) is 0 Å². The van der Waals surface area contributed by atoms with Gasteiger partial charge in [-0.15, -0.1) is 0 Å². The molecule has 2 aliphatic rings. The van der Waals surface area contributed by atoms with Crippen LogP contribution in [0, 0.1) is 0 Å². The van der Waals surface area contributed by atoms with Crippen LogP contribution in [0.3, 0.4) is 0 Å². The van der Waals surface area contributed by atoms with Gasteiger partial charge in [0.25, 0.3) is 0 Å². The van der Waals surface area contributed by atoms with Crippen molar-refractivity contribution in [3.63, 3.8) is 0 Å². The summed E-state index contributed by atoms with van der Waals surface area (Å²) in [6.45, 7) is -2.62. The predicted molar refractivity (Wildman–Crippen MR) is 64.6 cm³/mol. The van der Waals surface area contributed by atoms with Crippen molar-refractivity contribution in [3.05, 3.63) is 48.4 Å². The Balaban J connectivity index is 2.15. The van der Waals surface area contributed by atoms with Gasteiger partial charge >= 0.3 is 0 Å². The number of aromatic nitrogens is 4. The first kappa shape index (κ1) is 4.10. The van der Waals surface area contributed by atoms with Crippen LogP contribution in [0.5, 0.6) is 0 Å². The lowest BCUT2D eigenvalue weighted by molar-refractivity contribution is 1.07. The quantitative estimate of drug-likeness (QED) is 0.726. The minimum absolute atomic E-state index is 0.0118. The molecule has 5 nitrogen and oxygen atoms in total. The number of anilines is 1. The molecule has 0 saturated heterocycles. The van der Waals surface area contributed by atoms with Crippen LogP contribution in [0.15, 0.2) is 42.8 Å². The summed E-state index contributed by atoms with van der Waals surface area (Å²) < 4.78 is 70.1. The smallest absolute Gasteiger partial charge is 0.184 e. The van der Waals surface area contributed by atoms with Crippen LogP contribution in [0.2, 0.25) is 0 Å². The van der Waals surface area contributed by atoms with Crippen LogP contribution in [-0.2, 0) is 6.50 Å². The highest BCUT2D eigenvalue weighted by Crippen LogP contribution is 2.21. The maximum atomic E-state index is 8.19. The highest BCUT2D eigenvalue weighted by atomic mass is 15.1. The first-order chi connectivity index (χ1) is 12.0. The highest BCUT2D eigenvalue weighted by Gasteiger charge is 2.11. The molecule has 1 aromatic carbocycles. The van der Waals surface area contributed by atoms with Crippen LogP contribution < -0.4 is 5.32 Å². The number of nitrogens with one attached hydrogen (secondary N) is 2. The predicted octanol–water partition coefficient (Wildman–Crippen LogP) is 1.92. The van der Waals surface area contributed by atoms with E-state index in [0.717, 1.165) is 0 Å². The zero-order valence-corrected chi connectivity index (χ0v) is 8.34. The Hall–Kier alpha value is -2.43. The molecule has 0 radical (unpaired) electrons. The summed E-state index contributed by atoms with van der Waals surface area (Å²) in [4.78, 5) is 13.6. The fourth-order valence-electron chi connectivity index (χ4n) is 1.19. The fourth-order valence-corrected chi connectivity index (χ4v) is 1.19. The fraction of sp³-hybridized carbons (Fsp3) is 0.0833. The molecule has 2 N–H and O–H groups in total. The minimum atomic E-state index is -2.62. The molecule has 0 amide bonds. The summed E-state index contributed by atoms with van der Waals surface area (Å²) in [5, 5.41) is 2.35. The third-order valence-electron chi connectivity index (χ3n) is 1.92. The van der Waals surface area contributed by atoms with Gasteiger partial charge in [0.15, 0.2) is 5.82 Å². The van der Waals surface area contributed by atoms with Gasteiger partial charge in [0.2, 0.25) is 0 Å². The summed E-state index contributed by atoms with van der Waals surface area (Å²) in [5.41, 5.74) is -0.610. The van der Waals surface area contributed by atoms with E-state index in [1.54, 1.807) is 0 Å². The van der Waals surface area contributed by atoms with Gasteiger partial charge in [0.05, 0.1) is 15.9 Å². The summed E-state index contributed by atoms with van der Waals surface area (Å²) in [6.07, 6.45) is -0.755. The second kappa shape index (κ2) is 4.21. The van der Waals surface area contributed by atoms with E-state index in [4.69, 9.17) is 12.3 Å².